The van der Waals surface area contributed by atoms with Crippen molar-refractivity contribution in [2.45, 2.75) is 43.8 Å². The van der Waals surface area contributed by atoms with Crippen LogP contribution in [0.5, 0.6) is 0 Å². The number of hydrogen-bond acceptors (Lipinski definition) is 2. The molecule has 3 heteroatoms. The SMILES string of the molecule is Cc1ccccc1[C@H]1CCCC[C@@H]1SCC(=O)O. The molecule has 0 amide bonds. The van der Waals surface area contributed by atoms with Gasteiger partial charge in [-0.2, -0.15) is 0 Å². The summed E-state index contributed by atoms with van der Waals surface area (Å²) in [4.78, 5) is 10.7. The lowest BCUT2D eigenvalue weighted by atomic mass is 9.82. The zero-order chi connectivity index (χ0) is 13.0. The summed E-state index contributed by atoms with van der Waals surface area (Å²) in [5.41, 5.74) is 2.76. The average Bonchev–Trinajstić information content (AvgIpc) is 2.37. The third-order valence-electron chi connectivity index (χ3n) is 3.71. The fourth-order valence-corrected chi connectivity index (χ4v) is 4.04. The molecule has 1 aromatic carbocycles. The Morgan fingerprint density at radius 1 is 1.33 bits per heavy atom. The number of aliphatic carboxylic acids is 1. The standard InChI is InChI=1S/C15H20O2S/c1-11-6-2-3-7-12(11)13-8-4-5-9-14(13)18-10-15(16)17/h2-3,6-7,13-14H,4-5,8-10H2,1H3,(H,16,17)/t13-,14+/m1/s1. The molecule has 0 spiro atoms. The summed E-state index contributed by atoms with van der Waals surface area (Å²) in [6.45, 7) is 2.16. The molecule has 0 aromatic heterocycles. The minimum Gasteiger partial charge on any atom is -0.481 e. The summed E-state index contributed by atoms with van der Waals surface area (Å²) >= 11 is 1.62. The van der Waals surface area contributed by atoms with Gasteiger partial charge in [-0.05, 0) is 36.8 Å². The van der Waals surface area contributed by atoms with E-state index in [9.17, 15) is 4.79 Å². The number of carboxylic acids is 1. The van der Waals surface area contributed by atoms with Crippen LogP contribution in [-0.2, 0) is 4.79 Å². The van der Waals surface area contributed by atoms with Crippen molar-refractivity contribution in [3.05, 3.63) is 35.4 Å². The van der Waals surface area contributed by atoms with Crippen LogP contribution in [0.4, 0.5) is 0 Å². The molecule has 0 radical (unpaired) electrons. The number of aryl methyl sites for hydroxylation is 1. The lowest BCUT2D eigenvalue weighted by Gasteiger charge is -2.32. The maximum Gasteiger partial charge on any atom is 0.313 e. The molecule has 1 N–H and O–H groups in total. The molecule has 0 heterocycles. The van der Waals surface area contributed by atoms with Crippen molar-refractivity contribution in [1.29, 1.82) is 0 Å². The highest BCUT2D eigenvalue weighted by molar-refractivity contribution is 8.00. The third-order valence-corrected chi connectivity index (χ3v) is 5.12. The highest BCUT2D eigenvalue weighted by Gasteiger charge is 2.28. The molecule has 18 heavy (non-hydrogen) atoms. The third kappa shape index (κ3) is 3.29. The minimum atomic E-state index is -0.700. The summed E-state index contributed by atoms with van der Waals surface area (Å²) < 4.78 is 0. The van der Waals surface area contributed by atoms with Gasteiger partial charge in [-0.1, -0.05) is 37.1 Å². The van der Waals surface area contributed by atoms with Gasteiger partial charge in [0, 0.05) is 5.25 Å². The number of benzene rings is 1. The van der Waals surface area contributed by atoms with Crippen molar-refractivity contribution >= 4 is 17.7 Å². The number of carbonyl (C=O) groups is 1. The number of thioether (sulfide) groups is 1. The van der Waals surface area contributed by atoms with Crippen LogP contribution in [0.15, 0.2) is 24.3 Å². The summed E-state index contributed by atoms with van der Waals surface area (Å²) in [7, 11) is 0. The molecular formula is C15H20O2S. The van der Waals surface area contributed by atoms with Crippen LogP contribution in [-0.4, -0.2) is 22.1 Å². The van der Waals surface area contributed by atoms with Crippen molar-refractivity contribution in [2.24, 2.45) is 0 Å². The van der Waals surface area contributed by atoms with Crippen molar-refractivity contribution in [3.63, 3.8) is 0 Å². The number of hydrogen-bond donors (Lipinski definition) is 1. The number of rotatable bonds is 4. The Morgan fingerprint density at radius 3 is 2.78 bits per heavy atom. The minimum absolute atomic E-state index is 0.229. The normalized spacial score (nSPS) is 23.8. The summed E-state index contributed by atoms with van der Waals surface area (Å²) in [5, 5.41) is 9.30. The predicted molar refractivity (Wildman–Crippen MR) is 76.3 cm³/mol. The van der Waals surface area contributed by atoms with Gasteiger partial charge in [-0.3, -0.25) is 4.79 Å². The molecule has 2 rings (SSSR count). The van der Waals surface area contributed by atoms with Gasteiger partial charge >= 0.3 is 5.97 Å². The van der Waals surface area contributed by atoms with E-state index in [0.717, 1.165) is 6.42 Å². The topological polar surface area (TPSA) is 37.3 Å². The van der Waals surface area contributed by atoms with Gasteiger partial charge in [0.05, 0.1) is 5.75 Å². The summed E-state index contributed by atoms with van der Waals surface area (Å²) in [5.74, 6) is 0.0611. The molecule has 0 aliphatic heterocycles. The van der Waals surface area contributed by atoms with Crippen LogP contribution in [0.3, 0.4) is 0 Å². The Morgan fingerprint density at radius 2 is 2.06 bits per heavy atom. The first kappa shape index (κ1) is 13.5. The van der Waals surface area contributed by atoms with Gasteiger partial charge < -0.3 is 5.11 Å². The molecule has 1 aliphatic carbocycles. The van der Waals surface area contributed by atoms with Crippen molar-refractivity contribution < 1.29 is 9.90 Å². The molecule has 0 unspecified atom stereocenters. The van der Waals surface area contributed by atoms with Crippen LogP contribution in [0.2, 0.25) is 0 Å². The van der Waals surface area contributed by atoms with E-state index in [4.69, 9.17) is 5.11 Å². The Kier molecular flexibility index (Phi) is 4.70. The molecule has 1 aliphatic rings. The molecular weight excluding hydrogens is 244 g/mol. The molecule has 0 saturated heterocycles. The van der Waals surface area contributed by atoms with Crippen molar-refractivity contribution in [1.82, 2.24) is 0 Å². The Balaban J connectivity index is 2.12. The largest absolute Gasteiger partial charge is 0.481 e. The predicted octanol–water partition coefficient (Wildman–Crippen LogP) is 3.84. The van der Waals surface area contributed by atoms with E-state index < -0.39 is 5.97 Å². The molecule has 1 saturated carbocycles. The van der Waals surface area contributed by atoms with E-state index in [-0.39, 0.29) is 5.75 Å². The Hall–Kier alpha value is -0.960. The molecule has 2 nitrogen and oxygen atoms in total. The fourth-order valence-electron chi connectivity index (χ4n) is 2.83. The van der Waals surface area contributed by atoms with Crippen molar-refractivity contribution in [2.75, 3.05) is 5.75 Å². The molecule has 1 aromatic rings. The first-order valence-electron chi connectivity index (χ1n) is 6.57. The molecule has 1 fully saturated rings. The lowest BCUT2D eigenvalue weighted by molar-refractivity contribution is -0.133. The number of carboxylic acid groups (broad SMARTS) is 1. The van der Waals surface area contributed by atoms with Gasteiger partial charge in [-0.25, -0.2) is 0 Å². The molecule has 0 bridgehead atoms. The quantitative estimate of drug-likeness (QED) is 0.897. The highest BCUT2D eigenvalue weighted by atomic mass is 32.2. The summed E-state index contributed by atoms with van der Waals surface area (Å²) in [6, 6.07) is 8.53. The maximum absolute atomic E-state index is 10.7. The van der Waals surface area contributed by atoms with Crippen LogP contribution < -0.4 is 0 Å². The second kappa shape index (κ2) is 6.28. The zero-order valence-electron chi connectivity index (χ0n) is 10.8. The first-order chi connectivity index (χ1) is 8.68. The Bertz CT molecular complexity index is 417. The average molecular weight is 264 g/mol. The van der Waals surface area contributed by atoms with E-state index in [1.807, 2.05) is 0 Å². The van der Waals surface area contributed by atoms with Gasteiger partial charge in [0.15, 0.2) is 0 Å². The van der Waals surface area contributed by atoms with Gasteiger partial charge in [0.25, 0.3) is 0 Å². The van der Waals surface area contributed by atoms with E-state index in [2.05, 4.69) is 31.2 Å². The Labute approximate surface area is 113 Å². The first-order valence-corrected chi connectivity index (χ1v) is 7.62. The molecule has 98 valence electrons. The fraction of sp³-hybridized carbons (Fsp3) is 0.533. The van der Waals surface area contributed by atoms with Gasteiger partial charge in [0.1, 0.15) is 0 Å². The van der Waals surface area contributed by atoms with Crippen LogP contribution in [0, 0.1) is 6.92 Å². The van der Waals surface area contributed by atoms with Gasteiger partial charge in [0.2, 0.25) is 0 Å². The van der Waals surface area contributed by atoms with E-state index in [1.165, 1.54) is 30.4 Å². The molecule has 2 atom stereocenters. The van der Waals surface area contributed by atoms with Crippen molar-refractivity contribution in [3.8, 4) is 0 Å². The zero-order valence-corrected chi connectivity index (χ0v) is 11.6. The maximum atomic E-state index is 10.7. The van der Waals surface area contributed by atoms with Crippen LogP contribution in [0.1, 0.15) is 42.7 Å². The second-order valence-electron chi connectivity index (χ2n) is 4.99. The smallest absolute Gasteiger partial charge is 0.313 e. The monoisotopic (exact) mass is 264 g/mol. The van der Waals surface area contributed by atoms with Crippen LogP contribution in [0.25, 0.3) is 0 Å². The summed E-state index contributed by atoms with van der Waals surface area (Å²) in [6.07, 6.45) is 4.85. The van der Waals surface area contributed by atoms with E-state index >= 15 is 0 Å². The van der Waals surface area contributed by atoms with E-state index in [1.54, 1.807) is 11.8 Å². The lowest BCUT2D eigenvalue weighted by Crippen LogP contribution is -2.22. The van der Waals surface area contributed by atoms with E-state index in [0.29, 0.717) is 11.2 Å². The van der Waals surface area contributed by atoms with Crippen LogP contribution >= 0.6 is 11.8 Å². The highest BCUT2D eigenvalue weighted by Crippen LogP contribution is 2.40. The van der Waals surface area contributed by atoms with Gasteiger partial charge in [-0.15, -0.1) is 11.8 Å². The second-order valence-corrected chi connectivity index (χ2v) is 6.22.